The minimum atomic E-state index is -3.47. The second-order valence-corrected chi connectivity index (χ2v) is 9.26. The van der Waals surface area contributed by atoms with E-state index in [-0.39, 0.29) is 12.5 Å². The minimum Gasteiger partial charge on any atom is -0.348 e. The molecule has 0 aliphatic rings. The van der Waals surface area contributed by atoms with E-state index >= 15 is 0 Å². The number of aromatic nitrogens is 1. The lowest BCUT2D eigenvalue weighted by Crippen LogP contribution is -2.29. The highest BCUT2D eigenvalue weighted by atomic mass is 32.2. The van der Waals surface area contributed by atoms with Crippen molar-refractivity contribution in [2.75, 3.05) is 10.6 Å². The van der Waals surface area contributed by atoms with Gasteiger partial charge in [-0.1, -0.05) is 24.3 Å². The van der Waals surface area contributed by atoms with Crippen LogP contribution in [0.1, 0.15) is 32.6 Å². The van der Waals surface area contributed by atoms with E-state index in [0.717, 1.165) is 22.3 Å². The second kappa shape index (κ2) is 9.09. The van der Waals surface area contributed by atoms with Crippen molar-refractivity contribution in [3.63, 3.8) is 0 Å². The van der Waals surface area contributed by atoms with Crippen LogP contribution in [0.2, 0.25) is 0 Å². The van der Waals surface area contributed by atoms with Gasteiger partial charge in [0.25, 0.3) is 5.91 Å². The molecule has 2 aromatic carbocycles. The number of hydrogen-bond acceptors (Lipinski definition) is 4. The van der Waals surface area contributed by atoms with Crippen molar-refractivity contribution in [3.05, 3.63) is 94.8 Å². The predicted molar refractivity (Wildman–Crippen MR) is 119 cm³/mol. The molecule has 1 N–H and O–H groups in total. The van der Waals surface area contributed by atoms with Crippen LogP contribution in [0, 0.1) is 13.8 Å². The molecule has 0 fully saturated rings. The molecule has 3 rings (SSSR count). The number of sulfonamides is 1. The summed E-state index contributed by atoms with van der Waals surface area (Å²) < 4.78 is 26.2. The first-order valence-corrected chi connectivity index (χ1v) is 11.4. The van der Waals surface area contributed by atoms with Crippen LogP contribution in [0.5, 0.6) is 0 Å². The van der Waals surface area contributed by atoms with Crippen LogP contribution in [-0.4, -0.2) is 25.6 Å². The summed E-state index contributed by atoms with van der Waals surface area (Å²) >= 11 is 0. The van der Waals surface area contributed by atoms with E-state index in [0.29, 0.717) is 17.8 Å². The number of amides is 1. The lowest BCUT2D eigenvalue weighted by molar-refractivity contribution is 0.0951. The van der Waals surface area contributed by atoms with E-state index in [1.54, 1.807) is 36.7 Å². The van der Waals surface area contributed by atoms with Crippen molar-refractivity contribution in [1.82, 2.24) is 10.3 Å². The van der Waals surface area contributed by atoms with Crippen LogP contribution in [0.15, 0.2) is 67.0 Å². The number of nitrogens with one attached hydrogen (secondary N) is 1. The Labute approximate surface area is 177 Å². The Bertz CT molecular complexity index is 1110. The van der Waals surface area contributed by atoms with Crippen molar-refractivity contribution < 1.29 is 13.2 Å². The van der Waals surface area contributed by atoms with E-state index < -0.39 is 10.0 Å². The smallest absolute Gasteiger partial charge is 0.251 e. The van der Waals surface area contributed by atoms with Gasteiger partial charge in [0.05, 0.1) is 18.5 Å². The third-order valence-corrected chi connectivity index (χ3v) is 5.75. The van der Waals surface area contributed by atoms with Gasteiger partial charge in [-0.15, -0.1) is 0 Å². The largest absolute Gasteiger partial charge is 0.348 e. The topological polar surface area (TPSA) is 79.4 Å². The molecule has 0 bridgehead atoms. The van der Waals surface area contributed by atoms with E-state index in [1.165, 1.54) is 10.6 Å². The van der Waals surface area contributed by atoms with Gasteiger partial charge >= 0.3 is 0 Å². The lowest BCUT2D eigenvalue weighted by atomic mass is 10.1. The first-order valence-electron chi connectivity index (χ1n) is 9.54. The Morgan fingerprint density at radius 1 is 1.00 bits per heavy atom. The summed E-state index contributed by atoms with van der Waals surface area (Å²) in [6.45, 7) is 4.47. The number of anilines is 1. The summed E-state index contributed by atoms with van der Waals surface area (Å²) in [5, 5.41) is 2.85. The number of rotatable bonds is 7. The molecule has 3 aromatic rings. The molecule has 0 spiro atoms. The molecule has 0 saturated carbocycles. The Hall–Kier alpha value is -3.19. The maximum absolute atomic E-state index is 12.4. The van der Waals surface area contributed by atoms with E-state index in [9.17, 15) is 13.2 Å². The summed E-state index contributed by atoms with van der Waals surface area (Å²) in [7, 11) is -3.47. The SMILES string of the molecule is Cc1cc(C)cc(N(Cc2ccc(C(=O)NCc3cccnc3)cc2)S(C)(=O)=O)c1. The molecular weight excluding hydrogens is 398 g/mol. The zero-order valence-electron chi connectivity index (χ0n) is 17.3. The minimum absolute atomic E-state index is 0.194. The second-order valence-electron chi connectivity index (χ2n) is 7.36. The number of benzene rings is 2. The highest BCUT2D eigenvalue weighted by molar-refractivity contribution is 7.92. The summed E-state index contributed by atoms with van der Waals surface area (Å²) in [4.78, 5) is 16.4. The third-order valence-electron chi connectivity index (χ3n) is 4.61. The van der Waals surface area contributed by atoms with Crippen LogP contribution in [0.25, 0.3) is 0 Å². The van der Waals surface area contributed by atoms with Crippen LogP contribution in [0.4, 0.5) is 5.69 Å². The molecule has 0 radical (unpaired) electrons. The summed E-state index contributed by atoms with van der Waals surface area (Å²) in [6.07, 6.45) is 4.59. The number of hydrogen-bond donors (Lipinski definition) is 1. The summed E-state index contributed by atoms with van der Waals surface area (Å²) in [5.74, 6) is -0.195. The van der Waals surface area contributed by atoms with Gasteiger partial charge in [0.15, 0.2) is 0 Å². The molecular formula is C23H25N3O3S. The molecule has 0 saturated heterocycles. The van der Waals surface area contributed by atoms with Crippen LogP contribution in [0.3, 0.4) is 0 Å². The molecule has 1 amide bonds. The molecule has 7 heteroatoms. The molecule has 156 valence electrons. The molecule has 0 unspecified atom stereocenters. The van der Waals surface area contributed by atoms with Gasteiger partial charge in [0.2, 0.25) is 10.0 Å². The fourth-order valence-electron chi connectivity index (χ4n) is 3.21. The highest BCUT2D eigenvalue weighted by Gasteiger charge is 2.18. The molecule has 6 nitrogen and oxygen atoms in total. The first-order chi connectivity index (χ1) is 14.2. The van der Waals surface area contributed by atoms with Crippen molar-refractivity contribution in [2.45, 2.75) is 26.9 Å². The van der Waals surface area contributed by atoms with E-state index in [4.69, 9.17) is 0 Å². The summed E-state index contributed by atoms with van der Waals surface area (Å²) in [5.41, 5.74) is 4.86. The molecule has 1 aromatic heterocycles. The zero-order valence-corrected chi connectivity index (χ0v) is 18.1. The van der Waals surface area contributed by atoms with Gasteiger partial charge in [-0.2, -0.15) is 0 Å². The fraction of sp³-hybridized carbons (Fsp3) is 0.217. The van der Waals surface area contributed by atoms with Crippen molar-refractivity contribution in [2.24, 2.45) is 0 Å². The maximum atomic E-state index is 12.4. The number of aryl methyl sites for hydroxylation is 2. The zero-order chi connectivity index (χ0) is 21.7. The van der Waals surface area contributed by atoms with Crippen LogP contribution < -0.4 is 9.62 Å². The average Bonchev–Trinajstić information content (AvgIpc) is 2.70. The van der Waals surface area contributed by atoms with E-state index in [2.05, 4.69) is 10.3 Å². The molecule has 0 atom stereocenters. The molecule has 1 heterocycles. The van der Waals surface area contributed by atoms with Crippen LogP contribution in [-0.2, 0) is 23.1 Å². The lowest BCUT2D eigenvalue weighted by Gasteiger charge is -2.23. The Morgan fingerprint density at radius 3 is 2.23 bits per heavy atom. The average molecular weight is 424 g/mol. The number of nitrogens with zero attached hydrogens (tertiary/aromatic N) is 2. The molecule has 0 aliphatic carbocycles. The number of carbonyl (C=O) groups excluding carboxylic acids is 1. The van der Waals surface area contributed by atoms with Crippen molar-refractivity contribution >= 4 is 21.6 Å². The fourth-order valence-corrected chi connectivity index (χ4v) is 4.08. The quantitative estimate of drug-likeness (QED) is 0.630. The van der Waals surface area contributed by atoms with Crippen molar-refractivity contribution in [3.8, 4) is 0 Å². The first kappa shape index (κ1) is 21.5. The van der Waals surface area contributed by atoms with E-state index in [1.807, 2.05) is 44.2 Å². The number of carbonyl (C=O) groups is 1. The molecule has 30 heavy (non-hydrogen) atoms. The van der Waals surface area contributed by atoms with Gasteiger partial charge in [-0.25, -0.2) is 8.42 Å². The summed E-state index contributed by atoms with van der Waals surface area (Å²) in [6, 6.07) is 16.4. The molecule has 0 aliphatic heterocycles. The van der Waals surface area contributed by atoms with Crippen LogP contribution >= 0.6 is 0 Å². The Morgan fingerprint density at radius 2 is 1.67 bits per heavy atom. The third kappa shape index (κ3) is 5.67. The van der Waals surface area contributed by atoms with Gasteiger partial charge < -0.3 is 5.32 Å². The Kier molecular flexibility index (Phi) is 6.52. The predicted octanol–water partition coefficient (Wildman–Crippen LogP) is 3.59. The Balaban J connectivity index is 1.73. The maximum Gasteiger partial charge on any atom is 0.251 e. The van der Waals surface area contributed by atoms with Crippen molar-refractivity contribution in [1.29, 1.82) is 0 Å². The number of pyridine rings is 1. The normalized spacial score (nSPS) is 11.2. The van der Waals surface area contributed by atoms with Gasteiger partial charge in [0, 0.05) is 24.5 Å². The van der Waals surface area contributed by atoms with Gasteiger partial charge in [-0.3, -0.25) is 14.1 Å². The van der Waals surface area contributed by atoms with Gasteiger partial charge in [-0.05, 0) is 66.4 Å². The monoisotopic (exact) mass is 423 g/mol. The highest BCUT2D eigenvalue weighted by Crippen LogP contribution is 2.23. The standard InChI is InChI=1S/C23H25N3O3S/c1-17-11-18(2)13-22(12-17)26(30(3,28)29)16-19-6-8-21(9-7-19)23(27)25-15-20-5-4-10-24-14-20/h4-14H,15-16H2,1-3H3,(H,25,27). The van der Waals surface area contributed by atoms with Gasteiger partial charge in [0.1, 0.15) is 0 Å².